The van der Waals surface area contributed by atoms with Gasteiger partial charge in [-0.15, -0.1) is 0 Å². The summed E-state index contributed by atoms with van der Waals surface area (Å²) in [5.41, 5.74) is 2.85. The van der Waals surface area contributed by atoms with E-state index in [1.165, 1.54) is 16.7 Å². The molecule has 0 radical (unpaired) electrons. The van der Waals surface area contributed by atoms with Crippen molar-refractivity contribution in [1.29, 1.82) is 0 Å². The largest absolute Gasteiger partial charge is 0.478 e. The lowest BCUT2D eigenvalue weighted by molar-refractivity contribution is 0.0697. The van der Waals surface area contributed by atoms with Crippen LogP contribution in [0.1, 0.15) is 40.0 Å². The van der Waals surface area contributed by atoms with Crippen molar-refractivity contribution in [3.8, 4) is 11.5 Å². The Hall–Kier alpha value is -4.31. The molecule has 4 aromatic rings. The van der Waals surface area contributed by atoms with Crippen LogP contribution in [-0.4, -0.2) is 27.4 Å². The molecule has 9 nitrogen and oxygen atoms in total. The summed E-state index contributed by atoms with van der Waals surface area (Å²) < 4.78 is 26.4. The van der Waals surface area contributed by atoms with Crippen LogP contribution in [-0.2, 0) is 20.1 Å². The fraction of sp³-hybridized carbons (Fsp3) is 0.222. The first-order valence-corrected chi connectivity index (χ1v) is 12.2. The van der Waals surface area contributed by atoms with Gasteiger partial charge in [0.25, 0.3) is 5.56 Å². The third kappa shape index (κ3) is 3.88. The highest BCUT2D eigenvalue weighted by Gasteiger charge is 2.30. The van der Waals surface area contributed by atoms with Gasteiger partial charge in [0.05, 0.1) is 29.1 Å². The summed E-state index contributed by atoms with van der Waals surface area (Å²) in [6.45, 7) is 2.99. The van der Waals surface area contributed by atoms with E-state index in [4.69, 9.17) is 26.1 Å². The number of carboxylic acids is 1. The summed E-state index contributed by atoms with van der Waals surface area (Å²) in [7, 11) is 1.66. The Morgan fingerprint density at radius 1 is 1.18 bits per heavy atom. The smallest absolute Gasteiger partial charge is 0.337 e. The number of carbonyl (C=O) groups is 1. The Labute approximate surface area is 221 Å². The van der Waals surface area contributed by atoms with Gasteiger partial charge in [-0.05, 0) is 48.9 Å². The molecule has 6 rings (SSSR count). The zero-order valence-corrected chi connectivity index (χ0v) is 21.2. The summed E-state index contributed by atoms with van der Waals surface area (Å²) in [5.74, 6) is -0.0363. The number of benzene rings is 3. The van der Waals surface area contributed by atoms with Crippen LogP contribution < -0.4 is 25.2 Å². The molecule has 11 heteroatoms. The molecule has 0 aliphatic carbocycles. The first kappa shape index (κ1) is 24.1. The van der Waals surface area contributed by atoms with Crippen molar-refractivity contribution in [2.75, 3.05) is 17.0 Å². The number of nitrogens with one attached hydrogen (secondary N) is 1. The van der Waals surface area contributed by atoms with E-state index < -0.39 is 17.8 Å². The van der Waals surface area contributed by atoms with Gasteiger partial charge in [0, 0.05) is 35.4 Å². The molecule has 2 aliphatic heterocycles. The van der Waals surface area contributed by atoms with Crippen LogP contribution in [0, 0.1) is 5.82 Å². The second kappa shape index (κ2) is 8.91. The average Bonchev–Trinajstić information content (AvgIpc) is 3.53. The number of aromatic carboxylic acids is 1. The van der Waals surface area contributed by atoms with E-state index in [-0.39, 0.29) is 23.6 Å². The molecule has 0 spiro atoms. The highest BCUT2D eigenvalue weighted by atomic mass is 35.5. The summed E-state index contributed by atoms with van der Waals surface area (Å²) >= 11 is 6.40. The highest BCUT2D eigenvalue weighted by molar-refractivity contribution is 6.31. The fourth-order valence-corrected chi connectivity index (χ4v) is 5.31. The van der Waals surface area contributed by atoms with Gasteiger partial charge in [-0.2, -0.15) is 0 Å². The third-order valence-corrected chi connectivity index (χ3v) is 7.15. The quantitative estimate of drug-likeness (QED) is 0.373. The van der Waals surface area contributed by atoms with Crippen molar-refractivity contribution in [1.82, 2.24) is 9.55 Å². The number of hydrogen-bond donors (Lipinski definition) is 2. The second-order valence-corrected chi connectivity index (χ2v) is 9.76. The molecule has 2 N–H and O–H groups in total. The predicted octanol–water partition coefficient (Wildman–Crippen LogP) is 4.85. The van der Waals surface area contributed by atoms with E-state index >= 15 is 0 Å². The maximum Gasteiger partial charge on any atom is 0.337 e. The second-order valence-electron chi connectivity index (χ2n) is 9.32. The van der Waals surface area contributed by atoms with Gasteiger partial charge < -0.3 is 24.8 Å². The molecule has 1 aromatic heterocycles. The molecule has 0 saturated heterocycles. The van der Waals surface area contributed by atoms with Gasteiger partial charge in [0.15, 0.2) is 11.5 Å². The summed E-state index contributed by atoms with van der Waals surface area (Å²) in [6, 6.07) is 10.1. The van der Waals surface area contributed by atoms with E-state index in [0.717, 1.165) is 22.9 Å². The van der Waals surface area contributed by atoms with E-state index in [2.05, 4.69) is 5.32 Å². The van der Waals surface area contributed by atoms with E-state index in [1.807, 2.05) is 17.0 Å². The van der Waals surface area contributed by atoms with Crippen molar-refractivity contribution in [3.63, 3.8) is 0 Å². The lowest BCUT2D eigenvalue weighted by Crippen LogP contribution is -2.28. The Bertz CT molecular complexity index is 1710. The van der Waals surface area contributed by atoms with E-state index in [1.54, 1.807) is 26.1 Å². The highest BCUT2D eigenvalue weighted by Crippen LogP contribution is 2.42. The molecule has 0 amide bonds. The van der Waals surface area contributed by atoms with Crippen LogP contribution in [0.2, 0.25) is 5.02 Å². The number of rotatable bonds is 5. The number of ether oxygens (including phenoxy) is 2. The first-order valence-electron chi connectivity index (χ1n) is 11.9. The van der Waals surface area contributed by atoms with Crippen molar-refractivity contribution < 1.29 is 23.8 Å². The Balaban J connectivity index is 1.43. The number of carboxylic acid groups (broad SMARTS) is 1. The fourth-order valence-electron chi connectivity index (χ4n) is 5.08. The van der Waals surface area contributed by atoms with Crippen LogP contribution in [0.5, 0.6) is 11.5 Å². The van der Waals surface area contributed by atoms with Gasteiger partial charge >= 0.3 is 5.97 Å². The minimum atomic E-state index is -1.26. The number of hydrogen-bond acceptors (Lipinski definition) is 7. The van der Waals surface area contributed by atoms with Crippen molar-refractivity contribution in [2.45, 2.75) is 26.1 Å². The molecule has 38 heavy (non-hydrogen) atoms. The van der Waals surface area contributed by atoms with Gasteiger partial charge in [-0.1, -0.05) is 17.7 Å². The zero-order chi connectivity index (χ0) is 26.7. The van der Waals surface area contributed by atoms with Crippen LogP contribution in [0.25, 0.3) is 10.9 Å². The number of halogens is 2. The molecule has 1 atom stereocenters. The van der Waals surface area contributed by atoms with Crippen LogP contribution in [0.15, 0.2) is 47.3 Å². The number of anilines is 2. The normalized spacial score (nSPS) is 14.6. The Morgan fingerprint density at radius 3 is 2.79 bits per heavy atom. The van der Waals surface area contributed by atoms with Crippen molar-refractivity contribution in [3.05, 3.63) is 85.9 Å². The molecule has 3 aromatic carbocycles. The van der Waals surface area contributed by atoms with Crippen LogP contribution in [0.3, 0.4) is 0 Å². The number of aromatic nitrogens is 2. The standard InChI is InChI=1S/C27H22ClFN4O5/c1-13(30-21-5-4-16(29)9-18(21)26(35)36)17-7-15(28)8-19-23(17)31-27(32(2)25(19)34)33-10-14-3-6-22-24(20(14)11-33)38-12-37-22/h3-9,13,30H,10-12H2,1-2H3,(H,35,36)/t13-/m1/s1. The molecule has 0 fully saturated rings. The molecular formula is C27H22ClFN4O5. The maximum absolute atomic E-state index is 13.7. The summed E-state index contributed by atoms with van der Waals surface area (Å²) in [4.78, 5) is 32.1. The lowest BCUT2D eigenvalue weighted by atomic mass is 10.0. The minimum absolute atomic E-state index is 0.172. The number of fused-ring (bicyclic) bond motifs is 4. The van der Waals surface area contributed by atoms with Gasteiger partial charge in [-0.3, -0.25) is 9.36 Å². The monoisotopic (exact) mass is 536 g/mol. The first-order chi connectivity index (χ1) is 18.2. The molecule has 3 heterocycles. The van der Waals surface area contributed by atoms with Crippen LogP contribution in [0.4, 0.5) is 16.0 Å². The zero-order valence-electron chi connectivity index (χ0n) is 20.4. The van der Waals surface area contributed by atoms with E-state index in [9.17, 15) is 19.1 Å². The van der Waals surface area contributed by atoms with Gasteiger partial charge in [-0.25, -0.2) is 14.2 Å². The lowest BCUT2D eigenvalue weighted by Gasteiger charge is -2.23. The molecule has 2 aliphatic rings. The van der Waals surface area contributed by atoms with Crippen LogP contribution >= 0.6 is 11.6 Å². The topological polar surface area (TPSA) is 106 Å². The Morgan fingerprint density at radius 2 is 2.00 bits per heavy atom. The third-order valence-electron chi connectivity index (χ3n) is 6.93. The number of nitrogens with zero attached hydrogens (tertiary/aromatic N) is 3. The molecule has 0 saturated carbocycles. The summed E-state index contributed by atoms with van der Waals surface area (Å²) in [6.07, 6.45) is 0. The minimum Gasteiger partial charge on any atom is -0.478 e. The SMILES string of the molecule is C[C@@H](Nc1ccc(F)cc1C(=O)O)c1cc(Cl)cc2c(=O)n(C)c(N3Cc4ccc5c(c4C3)OCO5)nc12. The molecule has 194 valence electrons. The molecular weight excluding hydrogens is 515 g/mol. The predicted molar refractivity (Wildman–Crippen MR) is 140 cm³/mol. The summed E-state index contributed by atoms with van der Waals surface area (Å²) in [5, 5.41) is 13.3. The van der Waals surface area contributed by atoms with Crippen molar-refractivity contribution in [2.24, 2.45) is 7.05 Å². The van der Waals surface area contributed by atoms with Gasteiger partial charge in [0.1, 0.15) is 5.82 Å². The van der Waals surface area contributed by atoms with Gasteiger partial charge in [0.2, 0.25) is 12.7 Å². The Kier molecular flexibility index (Phi) is 5.64. The van der Waals surface area contributed by atoms with E-state index in [0.29, 0.717) is 46.3 Å². The average molecular weight is 537 g/mol. The molecule has 0 unspecified atom stereocenters. The maximum atomic E-state index is 13.7. The molecule has 0 bridgehead atoms. The van der Waals surface area contributed by atoms with Crippen molar-refractivity contribution >= 4 is 40.1 Å².